The van der Waals surface area contributed by atoms with Crippen LogP contribution in [0, 0.1) is 5.82 Å². The monoisotopic (exact) mass is 374 g/mol. The van der Waals surface area contributed by atoms with E-state index in [4.69, 9.17) is 4.74 Å². The Hall–Kier alpha value is -3.60. The number of carbonyl (C=O) groups is 1. The lowest BCUT2D eigenvalue weighted by Gasteiger charge is -2.22. The molecule has 1 amide bonds. The molecule has 0 saturated heterocycles. The SMILES string of the molecule is O=C(NC(c1ccccc1)n1ccc2ccc(F)cc21)OCc1ccccc1. The molecule has 0 bridgehead atoms. The summed E-state index contributed by atoms with van der Waals surface area (Å²) in [6.45, 7) is 0.176. The lowest BCUT2D eigenvalue weighted by atomic mass is 10.1. The molecule has 0 spiro atoms. The summed E-state index contributed by atoms with van der Waals surface area (Å²) in [6, 6.07) is 25.5. The van der Waals surface area contributed by atoms with E-state index >= 15 is 0 Å². The molecule has 0 radical (unpaired) electrons. The number of carbonyl (C=O) groups excluding carboxylic acids is 1. The quantitative estimate of drug-likeness (QED) is 0.518. The zero-order valence-corrected chi connectivity index (χ0v) is 15.1. The summed E-state index contributed by atoms with van der Waals surface area (Å²) in [4.78, 5) is 12.5. The van der Waals surface area contributed by atoms with Crippen molar-refractivity contribution in [2.45, 2.75) is 12.8 Å². The van der Waals surface area contributed by atoms with Gasteiger partial charge < -0.3 is 9.30 Å². The molecule has 1 heterocycles. The molecule has 4 nitrogen and oxygen atoms in total. The molecule has 1 aromatic heterocycles. The number of nitrogens with one attached hydrogen (secondary N) is 1. The molecule has 0 aliphatic heterocycles. The first-order valence-corrected chi connectivity index (χ1v) is 8.99. The van der Waals surface area contributed by atoms with Crippen molar-refractivity contribution in [2.24, 2.45) is 0 Å². The molecule has 0 aliphatic rings. The normalized spacial score (nSPS) is 11.9. The van der Waals surface area contributed by atoms with E-state index in [1.54, 1.807) is 6.07 Å². The summed E-state index contributed by atoms with van der Waals surface area (Å²) in [7, 11) is 0. The van der Waals surface area contributed by atoms with Crippen molar-refractivity contribution in [3.8, 4) is 0 Å². The molecule has 0 aliphatic carbocycles. The Bertz CT molecular complexity index is 1080. The number of hydrogen-bond donors (Lipinski definition) is 1. The van der Waals surface area contributed by atoms with Crippen molar-refractivity contribution in [2.75, 3.05) is 0 Å². The molecule has 140 valence electrons. The van der Waals surface area contributed by atoms with Crippen molar-refractivity contribution in [1.82, 2.24) is 9.88 Å². The number of hydrogen-bond acceptors (Lipinski definition) is 2. The molecule has 0 saturated carbocycles. The van der Waals surface area contributed by atoms with Crippen LogP contribution in [0.15, 0.2) is 91.1 Å². The first-order chi connectivity index (χ1) is 13.7. The van der Waals surface area contributed by atoms with Crippen LogP contribution < -0.4 is 5.32 Å². The second kappa shape index (κ2) is 7.96. The fourth-order valence-electron chi connectivity index (χ4n) is 3.17. The highest BCUT2D eigenvalue weighted by atomic mass is 19.1. The third kappa shape index (κ3) is 3.88. The van der Waals surface area contributed by atoms with Crippen LogP contribution in [0.4, 0.5) is 9.18 Å². The van der Waals surface area contributed by atoms with Crippen LogP contribution in [0.5, 0.6) is 0 Å². The van der Waals surface area contributed by atoms with E-state index in [2.05, 4.69) is 5.32 Å². The average Bonchev–Trinajstić information content (AvgIpc) is 3.14. The zero-order valence-electron chi connectivity index (χ0n) is 15.1. The molecule has 1 N–H and O–H groups in total. The van der Waals surface area contributed by atoms with Gasteiger partial charge in [-0.3, -0.25) is 5.32 Å². The molecule has 1 atom stereocenters. The highest BCUT2D eigenvalue weighted by Gasteiger charge is 2.19. The Labute approximate surface area is 162 Å². The van der Waals surface area contributed by atoms with E-state index in [1.807, 2.05) is 77.5 Å². The van der Waals surface area contributed by atoms with Gasteiger partial charge in [0.25, 0.3) is 0 Å². The Kier molecular flexibility index (Phi) is 5.06. The maximum absolute atomic E-state index is 13.8. The molecule has 0 fully saturated rings. The number of halogens is 1. The van der Waals surface area contributed by atoms with Crippen molar-refractivity contribution in [1.29, 1.82) is 0 Å². The molecule has 4 rings (SSSR count). The van der Waals surface area contributed by atoms with Crippen LogP contribution in [0.1, 0.15) is 17.3 Å². The molecule has 4 aromatic rings. The van der Waals surface area contributed by atoms with Crippen molar-refractivity contribution >= 4 is 17.0 Å². The third-order valence-corrected chi connectivity index (χ3v) is 4.55. The Morgan fingerprint density at radius 1 is 0.964 bits per heavy atom. The van der Waals surface area contributed by atoms with Gasteiger partial charge in [0.1, 0.15) is 18.6 Å². The van der Waals surface area contributed by atoms with E-state index in [-0.39, 0.29) is 12.4 Å². The van der Waals surface area contributed by atoms with E-state index in [9.17, 15) is 9.18 Å². The Balaban J connectivity index is 1.61. The van der Waals surface area contributed by atoms with Gasteiger partial charge in [-0.15, -0.1) is 0 Å². The number of rotatable bonds is 5. The van der Waals surface area contributed by atoms with Crippen LogP contribution in [-0.2, 0) is 11.3 Å². The van der Waals surface area contributed by atoms with Gasteiger partial charge in [-0.1, -0.05) is 60.7 Å². The van der Waals surface area contributed by atoms with Gasteiger partial charge in [-0.25, -0.2) is 9.18 Å². The van der Waals surface area contributed by atoms with Gasteiger partial charge in [0, 0.05) is 6.20 Å². The van der Waals surface area contributed by atoms with Crippen molar-refractivity contribution in [3.05, 3.63) is 108 Å². The fourth-order valence-corrected chi connectivity index (χ4v) is 3.17. The molecule has 1 unspecified atom stereocenters. The smallest absolute Gasteiger partial charge is 0.409 e. The predicted octanol–water partition coefficient (Wildman–Crippen LogP) is 5.25. The largest absolute Gasteiger partial charge is 0.445 e. The van der Waals surface area contributed by atoms with Crippen molar-refractivity contribution in [3.63, 3.8) is 0 Å². The minimum atomic E-state index is -0.545. The molecular weight excluding hydrogens is 355 g/mol. The maximum atomic E-state index is 13.8. The number of amides is 1. The summed E-state index contributed by atoms with van der Waals surface area (Å²) >= 11 is 0. The van der Waals surface area contributed by atoms with Gasteiger partial charge in [-0.2, -0.15) is 0 Å². The number of aromatic nitrogens is 1. The molecule has 5 heteroatoms. The Morgan fingerprint density at radius 2 is 1.68 bits per heavy atom. The van der Waals surface area contributed by atoms with Crippen LogP contribution in [0.25, 0.3) is 10.9 Å². The van der Waals surface area contributed by atoms with Gasteiger partial charge in [0.05, 0.1) is 5.52 Å². The summed E-state index contributed by atoms with van der Waals surface area (Å²) in [6.07, 6.45) is 0.763. The highest BCUT2D eigenvalue weighted by Crippen LogP contribution is 2.24. The maximum Gasteiger partial charge on any atom is 0.409 e. The van der Waals surface area contributed by atoms with Crippen LogP contribution in [0.3, 0.4) is 0 Å². The molecular formula is C23H19FN2O2. The first-order valence-electron chi connectivity index (χ1n) is 8.99. The van der Waals surface area contributed by atoms with Gasteiger partial charge in [0.15, 0.2) is 0 Å². The second-order valence-electron chi connectivity index (χ2n) is 6.45. The van der Waals surface area contributed by atoms with Crippen LogP contribution in [-0.4, -0.2) is 10.7 Å². The summed E-state index contributed by atoms with van der Waals surface area (Å²) < 4.78 is 21.0. The number of alkyl carbamates (subject to hydrolysis) is 1. The van der Waals surface area contributed by atoms with E-state index < -0.39 is 12.3 Å². The molecule has 3 aromatic carbocycles. The average molecular weight is 374 g/mol. The topological polar surface area (TPSA) is 43.3 Å². The first kappa shape index (κ1) is 17.8. The van der Waals surface area contributed by atoms with E-state index in [1.165, 1.54) is 12.1 Å². The lowest BCUT2D eigenvalue weighted by molar-refractivity contribution is 0.134. The fraction of sp³-hybridized carbons (Fsp3) is 0.0870. The zero-order chi connectivity index (χ0) is 19.3. The number of benzene rings is 3. The summed E-state index contributed by atoms with van der Waals surface area (Å²) in [5.74, 6) is -0.328. The van der Waals surface area contributed by atoms with Gasteiger partial charge >= 0.3 is 6.09 Å². The van der Waals surface area contributed by atoms with E-state index in [0.29, 0.717) is 5.52 Å². The lowest BCUT2D eigenvalue weighted by Crippen LogP contribution is -2.33. The van der Waals surface area contributed by atoms with Gasteiger partial charge in [0.2, 0.25) is 0 Å². The number of nitrogens with zero attached hydrogens (tertiary/aromatic N) is 1. The highest BCUT2D eigenvalue weighted by molar-refractivity contribution is 5.80. The summed E-state index contributed by atoms with van der Waals surface area (Å²) in [5, 5.41) is 3.79. The predicted molar refractivity (Wildman–Crippen MR) is 106 cm³/mol. The van der Waals surface area contributed by atoms with Crippen LogP contribution >= 0.6 is 0 Å². The van der Waals surface area contributed by atoms with Crippen molar-refractivity contribution < 1.29 is 13.9 Å². The van der Waals surface area contributed by atoms with Crippen LogP contribution in [0.2, 0.25) is 0 Å². The van der Waals surface area contributed by atoms with E-state index in [0.717, 1.165) is 16.5 Å². The Morgan fingerprint density at radius 3 is 2.43 bits per heavy atom. The third-order valence-electron chi connectivity index (χ3n) is 4.55. The van der Waals surface area contributed by atoms with Gasteiger partial charge in [-0.05, 0) is 40.8 Å². The standard InChI is InChI=1S/C23H19FN2O2/c24-20-12-11-18-13-14-26(21(18)15-20)22(19-9-5-2-6-10-19)25-23(27)28-16-17-7-3-1-4-8-17/h1-15,22H,16H2,(H,25,27). The number of fused-ring (bicyclic) bond motifs is 1. The minimum Gasteiger partial charge on any atom is -0.445 e. The minimum absolute atomic E-state index is 0.176. The summed E-state index contributed by atoms with van der Waals surface area (Å²) in [5.41, 5.74) is 2.46. The second-order valence-corrected chi connectivity index (χ2v) is 6.45. The molecule has 28 heavy (non-hydrogen) atoms. The number of ether oxygens (including phenoxy) is 1.